The Bertz CT molecular complexity index is 607. The summed E-state index contributed by atoms with van der Waals surface area (Å²) >= 11 is 0. The molecule has 114 valence electrons. The molecule has 1 aliphatic rings. The lowest BCUT2D eigenvalue weighted by Gasteiger charge is -2.38. The van der Waals surface area contributed by atoms with Crippen LogP contribution in [0.5, 0.6) is 0 Å². The highest BCUT2D eigenvalue weighted by atomic mass is 15.3. The number of hydrogen-bond donors (Lipinski definition) is 1. The van der Waals surface area contributed by atoms with Crippen LogP contribution in [0, 0.1) is 0 Å². The summed E-state index contributed by atoms with van der Waals surface area (Å²) < 4.78 is 2.06. The Balaban J connectivity index is 1.94. The van der Waals surface area contributed by atoms with E-state index in [9.17, 15) is 0 Å². The molecule has 21 heavy (non-hydrogen) atoms. The van der Waals surface area contributed by atoms with Crippen LogP contribution in [-0.4, -0.2) is 58.5 Å². The number of piperazine rings is 1. The van der Waals surface area contributed by atoms with Gasteiger partial charge in [-0.2, -0.15) is 0 Å². The molecule has 1 unspecified atom stereocenters. The highest BCUT2D eigenvalue weighted by Crippen LogP contribution is 2.23. The number of nitrogens with zero attached hydrogens (tertiary/aromatic N) is 5. The maximum atomic E-state index is 4.81. The van der Waals surface area contributed by atoms with Gasteiger partial charge >= 0.3 is 0 Å². The molecular weight excluding hydrogens is 264 g/mol. The molecule has 6 heteroatoms. The smallest absolute Gasteiger partial charge is 0.180 e. The minimum absolute atomic E-state index is 0.530. The zero-order valence-electron chi connectivity index (χ0n) is 13.1. The van der Waals surface area contributed by atoms with Gasteiger partial charge in [-0.15, -0.1) is 0 Å². The zero-order valence-corrected chi connectivity index (χ0v) is 13.1. The fourth-order valence-electron chi connectivity index (χ4n) is 2.71. The highest BCUT2D eigenvalue weighted by molar-refractivity contribution is 5.67. The molecule has 2 aromatic rings. The maximum Gasteiger partial charge on any atom is 0.180 e. The number of rotatable bonds is 4. The van der Waals surface area contributed by atoms with Gasteiger partial charge in [0, 0.05) is 44.6 Å². The van der Waals surface area contributed by atoms with Gasteiger partial charge in [-0.3, -0.25) is 0 Å². The molecule has 1 N–H and O–H groups in total. The third-order valence-electron chi connectivity index (χ3n) is 4.17. The monoisotopic (exact) mass is 288 g/mol. The maximum absolute atomic E-state index is 4.81. The SMILES string of the molecule is CCCNc1cn2ccnc2c(N2CCN(C)C(C)C2)n1. The molecule has 1 fully saturated rings. The molecule has 1 aliphatic heterocycles. The van der Waals surface area contributed by atoms with Gasteiger partial charge in [-0.1, -0.05) is 6.92 Å². The molecule has 2 aromatic heterocycles. The second-order valence-electron chi connectivity index (χ2n) is 5.81. The van der Waals surface area contributed by atoms with E-state index in [1.165, 1.54) is 0 Å². The fraction of sp³-hybridized carbons (Fsp3) is 0.600. The first kappa shape index (κ1) is 14.1. The second kappa shape index (κ2) is 5.89. The van der Waals surface area contributed by atoms with Crippen molar-refractivity contribution in [2.45, 2.75) is 26.3 Å². The standard InChI is InChI=1S/C15H24N6/c1-4-5-16-13-11-20-7-6-17-14(20)15(18-13)21-9-8-19(3)12(2)10-21/h6-7,11-12,16H,4-5,8-10H2,1-3H3. The molecule has 0 amide bonds. The van der Waals surface area contributed by atoms with Crippen LogP contribution in [0.4, 0.5) is 11.6 Å². The van der Waals surface area contributed by atoms with E-state index in [1.54, 1.807) is 0 Å². The summed E-state index contributed by atoms with van der Waals surface area (Å²) in [6.07, 6.45) is 6.92. The molecule has 1 saturated heterocycles. The Morgan fingerprint density at radius 2 is 2.24 bits per heavy atom. The molecule has 1 atom stereocenters. The third kappa shape index (κ3) is 2.81. The summed E-state index contributed by atoms with van der Waals surface area (Å²) in [7, 11) is 2.18. The van der Waals surface area contributed by atoms with Gasteiger partial charge in [-0.25, -0.2) is 9.97 Å². The molecule has 0 radical (unpaired) electrons. The van der Waals surface area contributed by atoms with Gasteiger partial charge in [0.05, 0.1) is 6.20 Å². The lowest BCUT2D eigenvalue weighted by atomic mass is 10.2. The quantitative estimate of drug-likeness (QED) is 0.928. The van der Waals surface area contributed by atoms with Gasteiger partial charge in [0.25, 0.3) is 0 Å². The summed E-state index contributed by atoms with van der Waals surface area (Å²) in [6.45, 7) is 8.39. The first-order chi connectivity index (χ1) is 10.2. The number of likely N-dealkylation sites (N-methyl/N-ethyl adjacent to an activating group) is 1. The van der Waals surface area contributed by atoms with E-state index in [4.69, 9.17) is 4.98 Å². The first-order valence-electron chi connectivity index (χ1n) is 7.71. The van der Waals surface area contributed by atoms with Crippen molar-refractivity contribution in [1.29, 1.82) is 0 Å². The van der Waals surface area contributed by atoms with Crippen molar-refractivity contribution < 1.29 is 0 Å². The zero-order chi connectivity index (χ0) is 14.8. The van der Waals surface area contributed by atoms with Crippen LogP contribution in [0.1, 0.15) is 20.3 Å². The molecule has 0 spiro atoms. The number of hydrogen-bond acceptors (Lipinski definition) is 5. The average Bonchev–Trinajstić information content (AvgIpc) is 2.95. The molecule has 6 nitrogen and oxygen atoms in total. The molecule has 0 aromatic carbocycles. The Kier molecular flexibility index (Phi) is 3.96. The van der Waals surface area contributed by atoms with Crippen LogP contribution in [0.3, 0.4) is 0 Å². The van der Waals surface area contributed by atoms with Crippen molar-refractivity contribution in [2.24, 2.45) is 0 Å². The number of imidazole rings is 1. The van der Waals surface area contributed by atoms with Crippen molar-refractivity contribution in [3.63, 3.8) is 0 Å². The lowest BCUT2D eigenvalue weighted by Crippen LogP contribution is -2.50. The largest absolute Gasteiger partial charge is 0.369 e. The van der Waals surface area contributed by atoms with Crippen molar-refractivity contribution in [3.05, 3.63) is 18.6 Å². The van der Waals surface area contributed by atoms with E-state index < -0.39 is 0 Å². The Hall–Kier alpha value is -1.82. The Morgan fingerprint density at radius 1 is 1.38 bits per heavy atom. The van der Waals surface area contributed by atoms with E-state index in [2.05, 4.69) is 45.4 Å². The van der Waals surface area contributed by atoms with Crippen molar-refractivity contribution >= 4 is 17.3 Å². The van der Waals surface area contributed by atoms with Crippen LogP contribution in [0.15, 0.2) is 18.6 Å². The summed E-state index contributed by atoms with van der Waals surface area (Å²) in [5, 5.41) is 3.38. The number of aromatic nitrogens is 3. The number of anilines is 2. The molecule has 0 saturated carbocycles. The van der Waals surface area contributed by atoms with Crippen LogP contribution >= 0.6 is 0 Å². The van der Waals surface area contributed by atoms with E-state index in [-0.39, 0.29) is 0 Å². The van der Waals surface area contributed by atoms with E-state index in [0.29, 0.717) is 6.04 Å². The Morgan fingerprint density at radius 3 is 3.00 bits per heavy atom. The summed E-state index contributed by atoms with van der Waals surface area (Å²) in [6, 6.07) is 0.530. The van der Waals surface area contributed by atoms with E-state index in [1.807, 2.05) is 18.6 Å². The topological polar surface area (TPSA) is 48.7 Å². The minimum Gasteiger partial charge on any atom is -0.369 e. The van der Waals surface area contributed by atoms with Crippen LogP contribution in [0.25, 0.3) is 5.65 Å². The van der Waals surface area contributed by atoms with Gasteiger partial charge in [-0.05, 0) is 20.4 Å². The number of nitrogens with one attached hydrogen (secondary N) is 1. The minimum atomic E-state index is 0.530. The van der Waals surface area contributed by atoms with E-state index >= 15 is 0 Å². The van der Waals surface area contributed by atoms with Crippen LogP contribution < -0.4 is 10.2 Å². The van der Waals surface area contributed by atoms with Crippen molar-refractivity contribution in [1.82, 2.24) is 19.3 Å². The van der Waals surface area contributed by atoms with Crippen molar-refractivity contribution in [2.75, 3.05) is 43.4 Å². The molecule has 3 heterocycles. The van der Waals surface area contributed by atoms with Crippen molar-refractivity contribution in [3.8, 4) is 0 Å². The van der Waals surface area contributed by atoms with Gasteiger partial charge < -0.3 is 19.5 Å². The normalized spacial score (nSPS) is 20.1. The summed E-state index contributed by atoms with van der Waals surface area (Å²) in [4.78, 5) is 14.0. The lowest BCUT2D eigenvalue weighted by molar-refractivity contribution is 0.233. The summed E-state index contributed by atoms with van der Waals surface area (Å²) in [5.41, 5.74) is 0.939. The van der Waals surface area contributed by atoms with Gasteiger partial charge in [0.15, 0.2) is 11.5 Å². The average molecular weight is 288 g/mol. The van der Waals surface area contributed by atoms with Gasteiger partial charge in [0.1, 0.15) is 5.82 Å². The fourth-order valence-corrected chi connectivity index (χ4v) is 2.71. The second-order valence-corrected chi connectivity index (χ2v) is 5.81. The van der Waals surface area contributed by atoms with Crippen LogP contribution in [-0.2, 0) is 0 Å². The highest BCUT2D eigenvalue weighted by Gasteiger charge is 2.24. The molecule has 3 rings (SSSR count). The van der Waals surface area contributed by atoms with Gasteiger partial charge in [0.2, 0.25) is 0 Å². The molecule has 0 bridgehead atoms. The first-order valence-corrected chi connectivity index (χ1v) is 7.71. The number of fused-ring (bicyclic) bond motifs is 1. The molecule has 0 aliphatic carbocycles. The summed E-state index contributed by atoms with van der Waals surface area (Å²) in [5.74, 6) is 1.91. The van der Waals surface area contributed by atoms with E-state index in [0.717, 1.165) is 49.9 Å². The predicted molar refractivity (Wildman–Crippen MR) is 86.1 cm³/mol. The third-order valence-corrected chi connectivity index (χ3v) is 4.17. The predicted octanol–water partition coefficient (Wildman–Crippen LogP) is 1.69. The molecular formula is C15H24N6. The Labute approximate surface area is 125 Å². The van der Waals surface area contributed by atoms with Crippen LogP contribution in [0.2, 0.25) is 0 Å².